The fourth-order valence-electron chi connectivity index (χ4n) is 4.14. The van der Waals surface area contributed by atoms with E-state index in [4.69, 9.17) is 14.6 Å². The third kappa shape index (κ3) is 5.23. The third-order valence-corrected chi connectivity index (χ3v) is 6.03. The number of aryl methyl sites for hydroxylation is 1. The van der Waals surface area contributed by atoms with Gasteiger partial charge in [0.15, 0.2) is 5.69 Å². The molecule has 0 bridgehead atoms. The lowest BCUT2D eigenvalue weighted by Gasteiger charge is -2.28. The monoisotopic (exact) mass is 489 g/mol. The van der Waals surface area contributed by atoms with E-state index in [1.54, 1.807) is 13.0 Å². The predicted molar refractivity (Wildman–Crippen MR) is 120 cm³/mol. The fraction of sp³-hybridized carbons (Fsp3) is 0.308. The summed E-state index contributed by atoms with van der Waals surface area (Å²) in [5.74, 6) is -1.55. The molecule has 0 spiro atoms. The molecule has 0 saturated carbocycles. The Kier molecular flexibility index (Phi) is 6.69. The largest absolute Gasteiger partial charge is 0.497 e. The zero-order valence-corrected chi connectivity index (χ0v) is 19.0. The molecule has 0 aliphatic carbocycles. The topological polar surface area (TPSA) is 68.7 Å². The second-order valence-corrected chi connectivity index (χ2v) is 8.51. The summed E-state index contributed by atoms with van der Waals surface area (Å²) in [4.78, 5) is 15.0. The van der Waals surface area contributed by atoms with Crippen molar-refractivity contribution >= 4 is 5.97 Å². The maximum Gasteiger partial charge on any atom is 0.433 e. The van der Waals surface area contributed by atoms with E-state index < -0.39 is 35.7 Å². The predicted octanol–water partition coefficient (Wildman–Crippen LogP) is 6.24. The summed E-state index contributed by atoms with van der Waals surface area (Å²) in [5.41, 5.74) is 0.00912. The summed E-state index contributed by atoms with van der Waals surface area (Å²) in [6.45, 7) is 1.58. The minimum Gasteiger partial charge on any atom is -0.497 e. The van der Waals surface area contributed by atoms with Crippen molar-refractivity contribution in [3.63, 3.8) is 0 Å². The van der Waals surface area contributed by atoms with Crippen LogP contribution in [0.1, 0.15) is 41.8 Å². The molecule has 35 heavy (non-hydrogen) atoms. The van der Waals surface area contributed by atoms with Crippen LogP contribution in [0.3, 0.4) is 0 Å². The highest BCUT2D eigenvalue weighted by atomic mass is 19.4. The first kappa shape index (κ1) is 24.5. The number of fused-ring (bicyclic) bond motifs is 1. The lowest BCUT2D eigenvalue weighted by Crippen LogP contribution is -2.21. The molecule has 0 radical (unpaired) electrons. The lowest BCUT2D eigenvalue weighted by molar-refractivity contribution is -0.143. The molecule has 1 N–H and O–H groups in total. The number of nitrogens with zero attached hydrogens (tertiary/aromatic N) is 1. The first-order chi connectivity index (χ1) is 16.6. The van der Waals surface area contributed by atoms with E-state index in [2.05, 4.69) is 4.98 Å². The van der Waals surface area contributed by atoms with Crippen LogP contribution in [-0.2, 0) is 23.8 Å². The first-order valence-electron chi connectivity index (χ1n) is 11.0. The normalized spacial score (nSPS) is 16.2. The number of carbonyl (C=O) groups is 1. The summed E-state index contributed by atoms with van der Waals surface area (Å²) in [6.07, 6.45) is -4.65. The van der Waals surface area contributed by atoms with Gasteiger partial charge in [0, 0.05) is 11.1 Å². The van der Waals surface area contributed by atoms with E-state index in [1.165, 1.54) is 31.4 Å². The van der Waals surface area contributed by atoms with Crippen LogP contribution in [-0.4, -0.2) is 23.2 Å². The Morgan fingerprint density at radius 2 is 1.97 bits per heavy atom. The Labute approximate surface area is 199 Å². The van der Waals surface area contributed by atoms with Crippen molar-refractivity contribution in [2.24, 2.45) is 5.92 Å². The number of aliphatic carboxylic acids is 1. The van der Waals surface area contributed by atoms with Crippen LogP contribution in [0, 0.1) is 11.7 Å². The van der Waals surface area contributed by atoms with Gasteiger partial charge in [-0.2, -0.15) is 13.2 Å². The van der Waals surface area contributed by atoms with Crippen molar-refractivity contribution in [2.45, 2.75) is 38.5 Å². The molecule has 0 fully saturated rings. The van der Waals surface area contributed by atoms with Gasteiger partial charge in [-0.25, -0.2) is 9.37 Å². The van der Waals surface area contributed by atoms with Gasteiger partial charge in [-0.3, -0.25) is 4.79 Å². The zero-order chi connectivity index (χ0) is 25.3. The van der Waals surface area contributed by atoms with E-state index >= 15 is 0 Å². The number of alkyl halides is 3. The Morgan fingerprint density at radius 1 is 1.20 bits per heavy atom. The molecule has 0 amide bonds. The van der Waals surface area contributed by atoms with Crippen LogP contribution in [0.15, 0.2) is 48.5 Å². The summed E-state index contributed by atoms with van der Waals surface area (Å²) < 4.78 is 67.5. The van der Waals surface area contributed by atoms with Gasteiger partial charge >= 0.3 is 12.1 Å². The minimum atomic E-state index is -4.79. The van der Waals surface area contributed by atoms with Crippen molar-refractivity contribution in [1.82, 2.24) is 4.98 Å². The van der Waals surface area contributed by atoms with Crippen LogP contribution in [0.5, 0.6) is 11.5 Å². The number of carboxylic acids is 1. The number of rotatable bonds is 6. The molecule has 1 aromatic heterocycles. The van der Waals surface area contributed by atoms with Crippen LogP contribution < -0.4 is 9.47 Å². The summed E-state index contributed by atoms with van der Waals surface area (Å²) in [5, 5.41) is 9.16. The molecule has 9 heteroatoms. The second-order valence-electron chi connectivity index (χ2n) is 8.51. The van der Waals surface area contributed by atoms with Gasteiger partial charge in [0.1, 0.15) is 23.4 Å². The number of pyridine rings is 1. The highest BCUT2D eigenvalue weighted by Gasteiger charge is 2.39. The van der Waals surface area contributed by atoms with Gasteiger partial charge < -0.3 is 14.6 Å². The van der Waals surface area contributed by atoms with E-state index in [-0.39, 0.29) is 23.2 Å². The molecule has 0 saturated heterocycles. The Hall–Kier alpha value is -3.62. The highest BCUT2D eigenvalue weighted by Crippen LogP contribution is 2.41. The standard InChI is InChI=1S/C26H23F4NO4/c1-14(25(32)33)11-15-3-4-16-5-10-22(35-23(16)12-15)18-7-9-21(31-24(18)26(28,29)30)19-13-17(34-2)6-8-20(19)27/h3-4,6-9,12-14,22H,5,10-11H2,1-2H3,(H,32,33). The molecule has 1 aliphatic rings. The SMILES string of the molecule is COc1ccc(F)c(-c2ccc(C3CCc4ccc(CC(C)C(=O)O)cc4O3)c(C(F)(F)F)n2)c1. The van der Waals surface area contributed by atoms with Crippen LogP contribution in [0.2, 0.25) is 0 Å². The van der Waals surface area contributed by atoms with Gasteiger partial charge in [0.25, 0.3) is 0 Å². The fourth-order valence-corrected chi connectivity index (χ4v) is 4.14. The van der Waals surface area contributed by atoms with E-state index in [0.29, 0.717) is 24.3 Å². The van der Waals surface area contributed by atoms with Gasteiger partial charge in [0.05, 0.1) is 18.7 Å². The number of benzene rings is 2. The number of aromatic nitrogens is 1. The number of halogens is 4. The maximum absolute atomic E-state index is 14.4. The number of carboxylic acid groups (broad SMARTS) is 1. The molecule has 3 aromatic rings. The molecule has 5 nitrogen and oxygen atoms in total. The molecule has 2 aromatic carbocycles. The summed E-state index contributed by atoms with van der Waals surface area (Å²) in [7, 11) is 1.38. The smallest absolute Gasteiger partial charge is 0.433 e. The van der Waals surface area contributed by atoms with Crippen LogP contribution >= 0.6 is 0 Å². The van der Waals surface area contributed by atoms with E-state index in [0.717, 1.165) is 17.2 Å². The third-order valence-electron chi connectivity index (χ3n) is 6.03. The maximum atomic E-state index is 14.4. The number of hydrogen-bond acceptors (Lipinski definition) is 4. The molecule has 184 valence electrons. The average molecular weight is 489 g/mol. The summed E-state index contributed by atoms with van der Waals surface area (Å²) in [6, 6.07) is 11.7. The highest BCUT2D eigenvalue weighted by molar-refractivity contribution is 5.70. The molecule has 2 unspecified atom stereocenters. The summed E-state index contributed by atoms with van der Waals surface area (Å²) >= 11 is 0. The molecule has 1 aliphatic heterocycles. The van der Waals surface area contributed by atoms with Crippen molar-refractivity contribution in [3.8, 4) is 22.8 Å². The van der Waals surface area contributed by atoms with Crippen molar-refractivity contribution in [3.05, 3.63) is 76.7 Å². The zero-order valence-electron chi connectivity index (χ0n) is 19.0. The minimum absolute atomic E-state index is 0.103. The quantitative estimate of drug-likeness (QED) is 0.415. The van der Waals surface area contributed by atoms with E-state index in [1.807, 2.05) is 12.1 Å². The van der Waals surface area contributed by atoms with Gasteiger partial charge in [-0.1, -0.05) is 25.1 Å². The molecule has 2 atom stereocenters. The average Bonchev–Trinajstić information content (AvgIpc) is 2.83. The van der Waals surface area contributed by atoms with Crippen molar-refractivity contribution < 1.29 is 36.9 Å². The first-order valence-corrected chi connectivity index (χ1v) is 11.0. The molecule has 2 heterocycles. The number of methoxy groups -OCH3 is 1. The van der Waals surface area contributed by atoms with Crippen LogP contribution in [0.4, 0.5) is 17.6 Å². The Balaban J connectivity index is 1.69. The van der Waals surface area contributed by atoms with Gasteiger partial charge in [0.2, 0.25) is 0 Å². The van der Waals surface area contributed by atoms with Gasteiger partial charge in [-0.15, -0.1) is 0 Å². The van der Waals surface area contributed by atoms with E-state index in [9.17, 15) is 22.4 Å². The lowest BCUT2D eigenvalue weighted by atomic mass is 9.93. The Bertz CT molecular complexity index is 1260. The van der Waals surface area contributed by atoms with Gasteiger partial charge in [-0.05, 0) is 60.7 Å². The van der Waals surface area contributed by atoms with Crippen molar-refractivity contribution in [2.75, 3.05) is 7.11 Å². The second kappa shape index (κ2) is 9.56. The Morgan fingerprint density at radius 3 is 2.66 bits per heavy atom. The molecule has 4 rings (SSSR count). The number of hydrogen-bond donors (Lipinski definition) is 1. The van der Waals surface area contributed by atoms with Crippen molar-refractivity contribution in [1.29, 1.82) is 0 Å². The van der Waals surface area contributed by atoms with Crippen LogP contribution in [0.25, 0.3) is 11.3 Å². The molecular weight excluding hydrogens is 466 g/mol. The molecular formula is C26H23F4NO4. The number of ether oxygens (including phenoxy) is 2.